The van der Waals surface area contributed by atoms with Gasteiger partial charge in [-0.2, -0.15) is 0 Å². The highest BCUT2D eigenvalue weighted by Crippen LogP contribution is 2.20. The minimum Gasteiger partial charge on any atom is -0.388 e. The van der Waals surface area contributed by atoms with E-state index in [1.807, 2.05) is 0 Å². The maximum Gasteiger partial charge on any atom is 0.261 e. The molecule has 4 nitrogen and oxygen atoms in total. The molecule has 0 saturated carbocycles. The van der Waals surface area contributed by atoms with E-state index < -0.39 is 24.2 Å². The van der Waals surface area contributed by atoms with Gasteiger partial charge in [0.15, 0.2) is 0 Å². The first-order chi connectivity index (χ1) is 7.56. The number of hydrogen-bond donors (Lipinski definition) is 2. The molecule has 6 heteroatoms. The molecule has 2 N–H and O–H groups in total. The van der Waals surface area contributed by atoms with Gasteiger partial charge in [0.25, 0.3) is 6.43 Å². The summed E-state index contributed by atoms with van der Waals surface area (Å²) < 4.78 is 28.0. The molecule has 0 aliphatic rings. The third-order valence-electron chi connectivity index (χ3n) is 2.70. The second kappa shape index (κ2) is 6.26. The molecule has 0 fully saturated rings. The highest BCUT2D eigenvalue weighted by molar-refractivity contribution is 5.76. The molecule has 0 rings (SSSR count). The lowest BCUT2D eigenvalue weighted by Crippen LogP contribution is -2.57. The van der Waals surface area contributed by atoms with Gasteiger partial charge in [-0.3, -0.25) is 4.79 Å². The van der Waals surface area contributed by atoms with E-state index in [2.05, 4.69) is 10.1 Å². The van der Waals surface area contributed by atoms with Gasteiger partial charge in [-0.1, -0.05) is 0 Å². The summed E-state index contributed by atoms with van der Waals surface area (Å²) in [6.45, 7) is 5.82. The van der Waals surface area contributed by atoms with Crippen molar-refractivity contribution in [1.29, 1.82) is 0 Å². The summed E-state index contributed by atoms with van der Waals surface area (Å²) in [7, 11) is 0. The van der Waals surface area contributed by atoms with Gasteiger partial charge in [-0.15, -0.1) is 0 Å². The zero-order valence-corrected chi connectivity index (χ0v) is 10.7. The van der Waals surface area contributed by atoms with Crippen LogP contribution in [0.3, 0.4) is 0 Å². The van der Waals surface area contributed by atoms with E-state index in [1.165, 1.54) is 0 Å². The Labute approximate surface area is 100 Å². The van der Waals surface area contributed by atoms with Crippen molar-refractivity contribution in [3.8, 4) is 0 Å². The molecule has 0 aromatic heterocycles. The second-order valence-electron chi connectivity index (χ2n) is 4.95. The van der Waals surface area contributed by atoms with E-state index in [1.54, 1.807) is 27.7 Å². The van der Waals surface area contributed by atoms with Gasteiger partial charge in [-0.25, -0.2) is 8.78 Å². The smallest absolute Gasteiger partial charge is 0.261 e. The maximum absolute atomic E-state index is 11.7. The lowest BCUT2D eigenvalue weighted by Gasteiger charge is -2.38. The van der Waals surface area contributed by atoms with Crippen LogP contribution in [0.25, 0.3) is 0 Å². The molecule has 0 unspecified atom stereocenters. The summed E-state index contributed by atoms with van der Waals surface area (Å²) in [5.74, 6) is -0.341. The number of aliphatic hydroxyl groups is 1. The van der Waals surface area contributed by atoms with Gasteiger partial charge in [-0.05, 0) is 27.7 Å². The first-order valence-electron chi connectivity index (χ1n) is 5.45. The van der Waals surface area contributed by atoms with Crippen molar-refractivity contribution in [3.63, 3.8) is 0 Å². The van der Waals surface area contributed by atoms with Gasteiger partial charge in [0.05, 0.1) is 17.7 Å². The van der Waals surface area contributed by atoms with Crippen LogP contribution in [0, 0.1) is 0 Å². The van der Waals surface area contributed by atoms with Gasteiger partial charge < -0.3 is 15.2 Å². The van der Waals surface area contributed by atoms with Gasteiger partial charge >= 0.3 is 0 Å². The van der Waals surface area contributed by atoms with Crippen molar-refractivity contribution >= 4 is 5.91 Å². The largest absolute Gasteiger partial charge is 0.388 e. The minimum absolute atomic E-state index is 0.00771. The molecule has 0 atom stereocenters. The average Bonchev–Trinajstić information content (AvgIpc) is 2.09. The van der Waals surface area contributed by atoms with Crippen molar-refractivity contribution in [3.05, 3.63) is 0 Å². The highest BCUT2D eigenvalue weighted by Gasteiger charge is 2.36. The zero-order valence-electron chi connectivity index (χ0n) is 10.7. The molecular weight excluding hydrogens is 232 g/mol. The molecule has 102 valence electrons. The molecular formula is C11H21F2NO3. The Kier molecular flexibility index (Phi) is 5.98. The van der Waals surface area contributed by atoms with E-state index in [-0.39, 0.29) is 18.9 Å². The van der Waals surface area contributed by atoms with E-state index >= 15 is 0 Å². The number of carbonyl (C=O) groups excluding carboxylic acids is 1. The van der Waals surface area contributed by atoms with Crippen molar-refractivity contribution in [2.45, 2.75) is 51.7 Å². The second-order valence-corrected chi connectivity index (χ2v) is 4.95. The van der Waals surface area contributed by atoms with Gasteiger partial charge in [0.1, 0.15) is 6.61 Å². The fraction of sp³-hybridized carbons (Fsp3) is 0.909. The number of hydrogen-bond acceptors (Lipinski definition) is 3. The quantitative estimate of drug-likeness (QED) is 0.673. The molecule has 0 aromatic carbocycles. The van der Waals surface area contributed by atoms with Crippen LogP contribution in [0.1, 0.15) is 34.1 Å². The summed E-state index contributed by atoms with van der Waals surface area (Å²) in [5.41, 5.74) is -1.88. The van der Waals surface area contributed by atoms with Crippen molar-refractivity contribution < 1.29 is 23.4 Å². The number of amides is 1. The molecule has 17 heavy (non-hydrogen) atoms. The Hall–Kier alpha value is -0.750. The Morgan fingerprint density at radius 2 is 1.88 bits per heavy atom. The fourth-order valence-corrected chi connectivity index (χ4v) is 0.901. The minimum atomic E-state index is -2.52. The molecule has 0 radical (unpaired) electrons. The summed E-state index contributed by atoms with van der Waals surface area (Å²) in [5, 5.41) is 12.4. The zero-order chi connectivity index (χ0) is 13.7. The topological polar surface area (TPSA) is 58.6 Å². The third kappa shape index (κ3) is 6.53. The molecule has 0 saturated heterocycles. The lowest BCUT2D eigenvalue weighted by molar-refractivity contribution is -0.127. The number of alkyl halides is 2. The maximum atomic E-state index is 11.7. The van der Waals surface area contributed by atoms with Crippen LogP contribution in [0.2, 0.25) is 0 Å². The van der Waals surface area contributed by atoms with E-state index in [4.69, 9.17) is 0 Å². The monoisotopic (exact) mass is 253 g/mol. The summed E-state index contributed by atoms with van der Waals surface area (Å²) >= 11 is 0. The van der Waals surface area contributed by atoms with Gasteiger partial charge in [0.2, 0.25) is 5.91 Å². The van der Waals surface area contributed by atoms with Crippen LogP contribution in [0.5, 0.6) is 0 Å². The van der Waals surface area contributed by atoms with E-state index in [9.17, 15) is 18.7 Å². The lowest BCUT2D eigenvalue weighted by atomic mass is 9.86. The summed E-state index contributed by atoms with van der Waals surface area (Å²) in [6, 6.07) is 0. The Bertz CT molecular complexity index is 250. The van der Waals surface area contributed by atoms with Gasteiger partial charge in [0, 0.05) is 6.42 Å². The van der Waals surface area contributed by atoms with Crippen LogP contribution in [0.4, 0.5) is 8.78 Å². The average molecular weight is 253 g/mol. The van der Waals surface area contributed by atoms with E-state index in [0.717, 1.165) is 0 Å². The third-order valence-corrected chi connectivity index (χ3v) is 2.70. The Morgan fingerprint density at radius 3 is 2.29 bits per heavy atom. The number of ether oxygens (including phenoxy) is 1. The first kappa shape index (κ1) is 16.2. The predicted molar refractivity (Wildman–Crippen MR) is 60.0 cm³/mol. The van der Waals surface area contributed by atoms with Crippen LogP contribution in [-0.2, 0) is 9.53 Å². The molecule has 0 aliphatic carbocycles. The van der Waals surface area contributed by atoms with Crippen molar-refractivity contribution in [2.24, 2.45) is 0 Å². The SMILES string of the molecule is CC(C)(O)C(C)(C)NC(=O)CCOCC(F)F. The first-order valence-corrected chi connectivity index (χ1v) is 5.45. The molecule has 0 aliphatic heterocycles. The van der Waals surface area contributed by atoms with Crippen molar-refractivity contribution in [2.75, 3.05) is 13.2 Å². The Morgan fingerprint density at radius 1 is 1.35 bits per heavy atom. The fourth-order valence-electron chi connectivity index (χ4n) is 0.901. The van der Waals surface area contributed by atoms with Crippen LogP contribution in [0.15, 0.2) is 0 Å². The summed E-state index contributed by atoms with van der Waals surface area (Å²) in [4.78, 5) is 11.5. The molecule has 1 amide bonds. The highest BCUT2D eigenvalue weighted by atomic mass is 19.3. The predicted octanol–water partition coefficient (Wildman–Crippen LogP) is 1.32. The van der Waals surface area contributed by atoms with Crippen LogP contribution >= 0.6 is 0 Å². The molecule has 0 aromatic rings. The molecule has 0 heterocycles. The molecule has 0 spiro atoms. The molecule has 0 bridgehead atoms. The summed E-state index contributed by atoms with van der Waals surface area (Å²) in [6.07, 6.45) is -2.53. The Balaban J connectivity index is 3.95. The standard InChI is InChI=1S/C11H21F2NO3/c1-10(2,11(3,4)16)14-9(15)5-6-17-7-8(12)13/h8,16H,5-7H2,1-4H3,(H,14,15). The van der Waals surface area contributed by atoms with Crippen LogP contribution in [-0.4, -0.2) is 41.8 Å². The number of carbonyl (C=O) groups is 1. The van der Waals surface area contributed by atoms with Crippen LogP contribution < -0.4 is 5.32 Å². The van der Waals surface area contributed by atoms with E-state index in [0.29, 0.717) is 0 Å². The normalized spacial score (nSPS) is 12.9. The number of nitrogens with one attached hydrogen (secondary N) is 1. The number of halogens is 2. The number of rotatable bonds is 7. The van der Waals surface area contributed by atoms with Crippen molar-refractivity contribution in [1.82, 2.24) is 5.32 Å².